The van der Waals surface area contributed by atoms with Crippen molar-refractivity contribution in [3.63, 3.8) is 0 Å². The first-order valence-corrected chi connectivity index (χ1v) is 6.40. The molecule has 24 heavy (non-hydrogen) atoms. The van der Waals surface area contributed by atoms with Gasteiger partial charge < -0.3 is 9.84 Å². The van der Waals surface area contributed by atoms with Crippen LogP contribution in [0.4, 0.5) is 30.7 Å². The van der Waals surface area contributed by atoms with Gasteiger partial charge in [-0.15, -0.1) is 0 Å². The lowest BCUT2D eigenvalue weighted by Crippen LogP contribution is -2.54. The number of carbonyl (C=O) groups excluding carboxylic acids is 1. The Labute approximate surface area is 132 Å². The van der Waals surface area contributed by atoms with Crippen LogP contribution < -0.4 is 0 Å². The summed E-state index contributed by atoms with van der Waals surface area (Å²) >= 11 is 0. The molecule has 0 saturated carbocycles. The first-order chi connectivity index (χ1) is 10.7. The fourth-order valence-corrected chi connectivity index (χ4v) is 2.09. The minimum atomic E-state index is -6.51. The van der Waals surface area contributed by atoms with Gasteiger partial charge in [0.1, 0.15) is 0 Å². The summed E-state index contributed by atoms with van der Waals surface area (Å²) in [7, 11) is 0.945. The van der Waals surface area contributed by atoms with Gasteiger partial charge in [-0.1, -0.05) is 18.2 Å². The Hall–Kier alpha value is -1.84. The number of ether oxygens (including phenoxy) is 1. The number of aliphatic hydroxyl groups is 1. The molecule has 0 spiro atoms. The van der Waals surface area contributed by atoms with E-state index in [9.17, 15) is 40.6 Å². The Balaban J connectivity index is 3.30. The molecule has 0 amide bonds. The van der Waals surface area contributed by atoms with Gasteiger partial charge in [0.05, 0.1) is 24.7 Å². The van der Waals surface area contributed by atoms with Crippen LogP contribution in [-0.2, 0) is 10.3 Å². The largest absolute Gasteiger partial charge is 0.465 e. The average Bonchev–Trinajstić information content (AvgIpc) is 2.44. The van der Waals surface area contributed by atoms with Crippen molar-refractivity contribution in [2.75, 3.05) is 7.11 Å². The molecule has 1 N–H and O–H groups in total. The molecule has 0 radical (unpaired) electrons. The van der Waals surface area contributed by atoms with E-state index in [-0.39, 0.29) is 0 Å². The predicted octanol–water partition coefficient (Wildman–Crippen LogP) is 3.90. The Morgan fingerprint density at radius 1 is 1.08 bits per heavy atom. The Morgan fingerprint density at radius 3 is 2.04 bits per heavy atom. The van der Waals surface area contributed by atoms with Crippen molar-refractivity contribution >= 4 is 5.97 Å². The van der Waals surface area contributed by atoms with Crippen LogP contribution in [0, 0.1) is 0 Å². The molecule has 0 fully saturated rings. The van der Waals surface area contributed by atoms with Crippen LogP contribution in [0.3, 0.4) is 0 Å². The quantitative estimate of drug-likeness (QED) is 0.638. The van der Waals surface area contributed by atoms with Crippen molar-refractivity contribution in [3.05, 3.63) is 35.4 Å². The monoisotopic (exact) mass is 362 g/mol. The van der Waals surface area contributed by atoms with Gasteiger partial charge in [0, 0.05) is 0 Å². The molecule has 1 atom stereocenters. The van der Waals surface area contributed by atoms with E-state index < -0.39 is 47.1 Å². The summed E-state index contributed by atoms with van der Waals surface area (Å²) in [4.78, 5) is 11.6. The fraction of sp³-hybridized carbons (Fsp3) is 0.500. The Morgan fingerprint density at radius 2 is 1.58 bits per heavy atom. The highest BCUT2D eigenvalue weighted by atomic mass is 19.4. The molecule has 3 nitrogen and oxygen atoms in total. The summed E-state index contributed by atoms with van der Waals surface area (Å²) in [5.41, 5.74) is -3.85. The van der Waals surface area contributed by atoms with Crippen LogP contribution in [0.1, 0.15) is 29.3 Å². The van der Waals surface area contributed by atoms with Crippen LogP contribution in [-0.4, -0.2) is 36.2 Å². The summed E-state index contributed by atoms with van der Waals surface area (Å²) in [5.74, 6) is -13.0. The Bertz CT molecular complexity index is 609. The van der Waals surface area contributed by atoms with E-state index in [0.29, 0.717) is 6.92 Å². The van der Waals surface area contributed by atoms with Crippen molar-refractivity contribution in [3.8, 4) is 0 Å². The van der Waals surface area contributed by atoms with Crippen LogP contribution in [0.15, 0.2) is 24.3 Å². The maximum atomic E-state index is 13.5. The molecule has 0 heterocycles. The molecular weight excluding hydrogens is 349 g/mol. The van der Waals surface area contributed by atoms with Crippen molar-refractivity contribution in [2.45, 2.75) is 37.0 Å². The van der Waals surface area contributed by atoms with Crippen molar-refractivity contribution in [1.82, 2.24) is 0 Å². The highest BCUT2D eigenvalue weighted by Gasteiger charge is 2.73. The van der Waals surface area contributed by atoms with Gasteiger partial charge in [-0.25, -0.2) is 4.79 Å². The first kappa shape index (κ1) is 20.2. The topological polar surface area (TPSA) is 46.5 Å². The number of benzene rings is 1. The van der Waals surface area contributed by atoms with Gasteiger partial charge in [-0.05, 0) is 18.6 Å². The second-order valence-electron chi connectivity index (χ2n) is 5.26. The third-order valence-corrected chi connectivity index (χ3v) is 3.29. The summed E-state index contributed by atoms with van der Waals surface area (Å²) in [5, 5.41) is 10.1. The normalized spacial score (nSPS) is 15.8. The van der Waals surface area contributed by atoms with Gasteiger partial charge in [-0.3, -0.25) is 0 Å². The van der Waals surface area contributed by atoms with Crippen molar-refractivity contribution in [2.24, 2.45) is 0 Å². The van der Waals surface area contributed by atoms with Gasteiger partial charge in [-0.2, -0.15) is 30.7 Å². The number of hydrogen-bond acceptors (Lipinski definition) is 3. The zero-order valence-electron chi connectivity index (χ0n) is 12.4. The number of carbonyl (C=O) groups is 1. The van der Waals surface area contributed by atoms with Crippen LogP contribution in [0.2, 0.25) is 0 Å². The van der Waals surface area contributed by atoms with Crippen LogP contribution in [0.5, 0.6) is 0 Å². The average molecular weight is 362 g/mol. The number of alkyl halides is 7. The third-order valence-electron chi connectivity index (χ3n) is 3.29. The van der Waals surface area contributed by atoms with E-state index in [2.05, 4.69) is 4.74 Å². The SMILES string of the molecule is COC(=O)c1ccccc1C(C)(O)CC(F)(F)C(F)(F)C(F)(F)F. The lowest BCUT2D eigenvalue weighted by Gasteiger charge is -2.34. The van der Waals surface area contributed by atoms with Gasteiger partial charge >= 0.3 is 24.0 Å². The molecule has 0 aliphatic rings. The summed E-state index contributed by atoms with van der Waals surface area (Å²) in [6.45, 7) is 0.606. The van der Waals surface area contributed by atoms with E-state index in [0.717, 1.165) is 19.2 Å². The molecule has 1 unspecified atom stereocenters. The lowest BCUT2D eigenvalue weighted by molar-refractivity contribution is -0.361. The summed E-state index contributed by atoms with van der Waals surface area (Å²) < 4.78 is 94.0. The molecule has 1 aromatic carbocycles. The third kappa shape index (κ3) is 3.63. The molecule has 1 aromatic rings. The van der Waals surface area contributed by atoms with E-state index in [1.165, 1.54) is 12.1 Å². The molecule has 0 aromatic heterocycles. The van der Waals surface area contributed by atoms with E-state index >= 15 is 0 Å². The van der Waals surface area contributed by atoms with Crippen LogP contribution >= 0.6 is 0 Å². The zero-order chi connectivity index (χ0) is 19.0. The minimum Gasteiger partial charge on any atom is -0.465 e. The number of rotatable bonds is 5. The number of hydrogen-bond donors (Lipinski definition) is 1. The Kier molecular flexibility index (Phi) is 5.24. The first-order valence-electron chi connectivity index (χ1n) is 6.40. The summed E-state index contributed by atoms with van der Waals surface area (Å²) in [6, 6.07) is 4.47. The molecular formula is C14H13F7O3. The number of methoxy groups -OCH3 is 1. The van der Waals surface area contributed by atoms with Gasteiger partial charge in [0.2, 0.25) is 0 Å². The molecule has 1 rings (SSSR count). The number of esters is 1. The van der Waals surface area contributed by atoms with E-state index in [4.69, 9.17) is 0 Å². The second-order valence-corrected chi connectivity index (χ2v) is 5.26. The van der Waals surface area contributed by atoms with Crippen molar-refractivity contribution < 1.29 is 45.4 Å². The second kappa shape index (κ2) is 6.23. The molecule has 136 valence electrons. The minimum absolute atomic E-state index is 0.434. The highest BCUT2D eigenvalue weighted by molar-refractivity contribution is 5.91. The van der Waals surface area contributed by atoms with E-state index in [1.807, 2.05) is 0 Å². The van der Waals surface area contributed by atoms with E-state index in [1.54, 1.807) is 0 Å². The molecule has 10 heteroatoms. The van der Waals surface area contributed by atoms with Gasteiger partial charge in [0.15, 0.2) is 0 Å². The molecule has 0 saturated heterocycles. The molecule has 0 aliphatic carbocycles. The summed E-state index contributed by atoms with van der Waals surface area (Å²) in [6.07, 6.45) is -8.77. The molecule has 0 aliphatic heterocycles. The maximum Gasteiger partial charge on any atom is 0.459 e. The van der Waals surface area contributed by atoms with Crippen LogP contribution in [0.25, 0.3) is 0 Å². The fourth-order valence-electron chi connectivity index (χ4n) is 2.09. The van der Waals surface area contributed by atoms with Gasteiger partial charge in [0.25, 0.3) is 0 Å². The van der Waals surface area contributed by atoms with Crippen molar-refractivity contribution in [1.29, 1.82) is 0 Å². The maximum absolute atomic E-state index is 13.5. The molecule has 0 bridgehead atoms. The highest BCUT2D eigenvalue weighted by Crippen LogP contribution is 2.51. The standard InChI is InChI=1S/C14H13F7O3/c1-11(23,7-12(15,16)13(17,18)14(19,20)21)9-6-4-3-5-8(9)10(22)24-2/h3-6,23H,7H2,1-2H3. The zero-order valence-corrected chi connectivity index (χ0v) is 12.4. The lowest BCUT2D eigenvalue weighted by atomic mass is 9.84. The smallest absolute Gasteiger partial charge is 0.459 e. The predicted molar refractivity (Wildman–Crippen MR) is 67.9 cm³/mol. The number of halogens is 7.